The molecule has 0 radical (unpaired) electrons. The third-order valence-electron chi connectivity index (χ3n) is 2.14. The Hall–Kier alpha value is -1.06. The predicted octanol–water partition coefficient (Wildman–Crippen LogP) is 3.13. The number of furan rings is 1. The molecule has 0 aliphatic carbocycles. The van der Waals surface area contributed by atoms with Crippen LogP contribution in [0.15, 0.2) is 45.3 Å². The molecule has 0 spiro atoms. The van der Waals surface area contributed by atoms with Crippen molar-refractivity contribution in [3.8, 4) is 0 Å². The lowest BCUT2D eigenvalue weighted by atomic mass is 10.1. The van der Waals surface area contributed by atoms with Crippen LogP contribution < -0.4 is 0 Å². The molecule has 0 amide bonds. The number of aliphatic hydroxyl groups excluding tert-OH is 1. The summed E-state index contributed by atoms with van der Waals surface area (Å²) in [7, 11) is 0. The summed E-state index contributed by atoms with van der Waals surface area (Å²) in [6, 6.07) is 11.8. The van der Waals surface area contributed by atoms with E-state index >= 15 is 0 Å². The Bertz CT molecular complexity index is 448. The number of hydrogen-bond donors (Lipinski definition) is 1. The van der Waals surface area contributed by atoms with Crippen LogP contribution in [-0.4, -0.2) is 5.11 Å². The molecule has 0 bridgehead atoms. The molecule has 1 heterocycles. The summed E-state index contributed by atoms with van der Waals surface area (Å²) in [5.74, 6) is 1.48. The van der Waals surface area contributed by atoms with Crippen molar-refractivity contribution in [2.45, 2.75) is 13.0 Å². The predicted molar refractivity (Wildman–Crippen MR) is 61.6 cm³/mol. The Labute approximate surface area is 96.7 Å². The molecule has 0 aliphatic heterocycles. The first-order valence-corrected chi connectivity index (χ1v) is 5.50. The molecule has 78 valence electrons. The molecule has 0 unspecified atom stereocenters. The average molecular weight is 267 g/mol. The van der Waals surface area contributed by atoms with Crippen molar-refractivity contribution >= 4 is 15.9 Å². The van der Waals surface area contributed by atoms with Gasteiger partial charge in [0, 0.05) is 10.9 Å². The highest BCUT2D eigenvalue weighted by Gasteiger charge is 2.02. The molecule has 0 fully saturated rings. The largest absolute Gasteiger partial charge is 0.463 e. The maximum absolute atomic E-state index is 8.86. The first-order chi connectivity index (χ1) is 7.28. The van der Waals surface area contributed by atoms with E-state index in [1.807, 2.05) is 24.3 Å². The molecule has 0 saturated carbocycles. The highest BCUT2D eigenvalue weighted by atomic mass is 79.9. The Kier molecular flexibility index (Phi) is 3.23. The lowest BCUT2D eigenvalue weighted by Gasteiger charge is -1.98. The first-order valence-electron chi connectivity index (χ1n) is 4.71. The molecule has 1 aromatic heterocycles. The smallest absolute Gasteiger partial charge is 0.129 e. The topological polar surface area (TPSA) is 33.4 Å². The first kappa shape index (κ1) is 10.5. The van der Waals surface area contributed by atoms with Gasteiger partial charge in [0.15, 0.2) is 0 Å². The number of hydrogen-bond acceptors (Lipinski definition) is 2. The minimum absolute atomic E-state index is 0.0432. The van der Waals surface area contributed by atoms with Crippen LogP contribution in [0.3, 0.4) is 0 Å². The lowest BCUT2D eigenvalue weighted by Crippen LogP contribution is -1.85. The highest BCUT2D eigenvalue weighted by Crippen LogP contribution is 2.16. The van der Waals surface area contributed by atoms with E-state index in [4.69, 9.17) is 9.52 Å². The standard InChI is InChI=1S/C12H11BrO2/c13-10-3-1-2-9(6-10)7-11-4-5-12(8-14)15-11/h1-6,14H,7-8H2. The van der Waals surface area contributed by atoms with Crippen molar-refractivity contribution in [2.24, 2.45) is 0 Å². The molecule has 1 aromatic carbocycles. The Morgan fingerprint density at radius 2 is 1.93 bits per heavy atom. The molecule has 1 N–H and O–H groups in total. The Morgan fingerprint density at radius 1 is 1.13 bits per heavy atom. The van der Waals surface area contributed by atoms with Gasteiger partial charge in [-0.3, -0.25) is 0 Å². The second-order valence-corrected chi connectivity index (χ2v) is 4.25. The molecule has 2 aromatic rings. The fraction of sp³-hybridized carbons (Fsp3) is 0.167. The van der Waals surface area contributed by atoms with Gasteiger partial charge < -0.3 is 9.52 Å². The molecule has 3 heteroatoms. The average Bonchev–Trinajstić information content (AvgIpc) is 2.65. The maximum atomic E-state index is 8.86. The van der Waals surface area contributed by atoms with E-state index in [0.717, 1.165) is 16.7 Å². The van der Waals surface area contributed by atoms with Crippen LogP contribution in [-0.2, 0) is 13.0 Å². The normalized spacial score (nSPS) is 10.5. The third kappa shape index (κ3) is 2.70. The third-order valence-corrected chi connectivity index (χ3v) is 2.63. The van der Waals surface area contributed by atoms with E-state index in [1.165, 1.54) is 5.56 Å². The highest BCUT2D eigenvalue weighted by molar-refractivity contribution is 9.10. The molecule has 0 saturated heterocycles. The van der Waals surface area contributed by atoms with E-state index in [-0.39, 0.29) is 6.61 Å². The van der Waals surface area contributed by atoms with Crippen LogP contribution in [0.25, 0.3) is 0 Å². The van der Waals surface area contributed by atoms with Gasteiger partial charge in [-0.2, -0.15) is 0 Å². The summed E-state index contributed by atoms with van der Waals surface area (Å²) < 4.78 is 6.48. The van der Waals surface area contributed by atoms with Gasteiger partial charge in [0.1, 0.15) is 18.1 Å². The summed E-state index contributed by atoms with van der Waals surface area (Å²) in [6.45, 7) is -0.0432. The number of benzene rings is 1. The van der Waals surface area contributed by atoms with Crippen molar-refractivity contribution in [3.63, 3.8) is 0 Å². The van der Waals surface area contributed by atoms with E-state index in [2.05, 4.69) is 22.0 Å². The van der Waals surface area contributed by atoms with Crippen LogP contribution in [0.5, 0.6) is 0 Å². The zero-order chi connectivity index (χ0) is 10.7. The molecular weight excluding hydrogens is 256 g/mol. The molecule has 0 aliphatic rings. The van der Waals surface area contributed by atoms with Gasteiger partial charge in [-0.15, -0.1) is 0 Å². The van der Waals surface area contributed by atoms with E-state index in [0.29, 0.717) is 5.76 Å². The number of halogens is 1. The Morgan fingerprint density at radius 3 is 2.60 bits per heavy atom. The van der Waals surface area contributed by atoms with Gasteiger partial charge in [-0.1, -0.05) is 28.1 Å². The summed E-state index contributed by atoms with van der Waals surface area (Å²) in [6.07, 6.45) is 0.749. The summed E-state index contributed by atoms with van der Waals surface area (Å²) in [5, 5.41) is 8.86. The van der Waals surface area contributed by atoms with E-state index in [1.54, 1.807) is 6.07 Å². The van der Waals surface area contributed by atoms with Gasteiger partial charge in [-0.05, 0) is 29.8 Å². The SMILES string of the molecule is OCc1ccc(Cc2cccc(Br)c2)o1. The molecule has 0 atom stereocenters. The van der Waals surface area contributed by atoms with Crippen molar-refractivity contribution in [3.05, 3.63) is 58.0 Å². The van der Waals surface area contributed by atoms with Gasteiger partial charge in [0.05, 0.1) is 0 Å². The van der Waals surface area contributed by atoms with Gasteiger partial charge in [0.2, 0.25) is 0 Å². The van der Waals surface area contributed by atoms with Crippen LogP contribution in [0, 0.1) is 0 Å². The zero-order valence-corrected chi connectivity index (χ0v) is 9.70. The minimum Gasteiger partial charge on any atom is -0.463 e. The summed E-state index contributed by atoms with van der Waals surface area (Å²) >= 11 is 3.42. The van der Waals surface area contributed by atoms with Crippen molar-refractivity contribution < 1.29 is 9.52 Å². The fourth-order valence-electron chi connectivity index (χ4n) is 1.45. The monoisotopic (exact) mass is 266 g/mol. The lowest BCUT2D eigenvalue weighted by molar-refractivity contribution is 0.244. The molecule has 2 nitrogen and oxygen atoms in total. The minimum atomic E-state index is -0.0432. The van der Waals surface area contributed by atoms with Gasteiger partial charge in [-0.25, -0.2) is 0 Å². The van der Waals surface area contributed by atoms with Crippen LogP contribution >= 0.6 is 15.9 Å². The summed E-state index contributed by atoms with van der Waals surface area (Å²) in [4.78, 5) is 0. The van der Waals surface area contributed by atoms with E-state index in [9.17, 15) is 0 Å². The van der Waals surface area contributed by atoms with Crippen molar-refractivity contribution in [1.29, 1.82) is 0 Å². The molecule has 15 heavy (non-hydrogen) atoms. The second-order valence-electron chi connectivity index (χ2n) is 3.33. The Balaban J connectivity index is 2.14. The fourth-order valence-corrected chi connectivity index (χ4v) is 1.90. The molecular formula is C12H11BrO2. The second kappa shape index (κ2) is 4.64. The summed E-state index contributed by atoms with van der Waals surface area (Å²) in [5.41, 5.74) is 1.18. The van der Waals surface area contributed by atoms with Crippen molar-refractivity contribution in [2.75, 3.05) is 0 Å². The quantitative estimate of drug-likeness (QED) is 0.926. The molecule has 2 rings (SSSR count). The number of aliphatic hydroxyl groups is 1. The van der Waals surface area contributed by atoms with Crippen LogP contribution in [0.1, 0.15) is 17.1 Å². The number of rotatable bonds is 3. The van der Waals surface area contributed by atoms with Crippen molar-refractivity contribution in [1.82, 2.24) is 0 Å². The van der Waals surface area contributed by atoms with Gasteiger partial charge in [0.25, 0.3) is 0 Å². The van der Waals surface area contributed by atoms with E-state index < -0.39 is 0 Å². The van der Waals surface area contributed by atoms with Crippen LogP contribution in [0.2, 0.25) is 0 Å². The van der Waals surface area contributed by atoms with Gasteiger partial charge >= 0.3 is 0 Å². The maximum Gasteiger partial charge on any atom is 0.129 e. The zero-order valence-electron chi connectivity index (χ0n) is 8.11. The van der Waals surface area contributed by atoms with Crippen LogP contribution in [0.4, 0.5) is 0 Å².